The van der Waals surface area contributed by atoms with E-state index in [2.05, 4.69) is 4.65 Å². The predicted octanol–water partition coefficient (Wildman–Crippen LogP) is -1.46. The van der Waals surface area contributed by atoms with Gasteiger partial charge in [-0.15, -0.1) is 0 Å². The summed E-state index contributed by atoms with van der Waals surface area (Å²) in [5.74, 6) is 0.199. The lowest BCUT2D eigenvalue weighted by molar-refractivity contribution is 0.248. The van der Waals surface area contributed by atoms with Crippen LogP contribution in [-0.2, 0) is 16.3 Å². The topological polar surface area (TPSA) is 123 Å². The molecule has 17 heavy (non-hydrogen) atoms. The molecule has 96 valence electrons. The molecule has 0 aromatic carbocycles. The summed E-state index contributed by atoms with van der Waals surface area (Å²) in [7, 11) is -5.09. The molecular weight excluding hydrogens is 249 g/mol. The van der Waals surface area contributed by atoms with Gasteiger partial charge in [0.25, 0.3) is 5.95 Å². The monoisotopic (exact) mass is 263 g/mol. The number of hydrogen-bond donors (Lipinski definition) is 3. The molecule has 0 amide bonds. The minimum absolute atomic E-state index is 0.0680. The van der Waals surface area contributed by atoms with Crippen molar-refractivity contribution in [3.8, 4) is 5.95 Å². The Morgan fingerprint density at radius 3 is 2.71 bits per heavy atom. The molecule has 1 aromatic heterocycles. The van der Waals surface area contributed by atoms with E-state index in [0.717, 1.165) is 6.26 Å². The van der Waals surface area contributed by atoms with Crippen molar-refractivity contribution in [3.63, 3.8) is 0 Å². The first-order valence-electron chi connectivity index (χ1n) is 4.81. The Morgan fingerprint density at radius 2 is 2.18 bits per heavy atom. The van der Waals surface area contributed by atoms with Gasteiger partial charge in [0.15, 0.2) is 0 Å². The fourth-order valence-electron chi connectivity index (χ4n) is 1.34. The molecule has 0 bridgehead atoms. The average Bonchev–Trinajstić information content (AvgIpc) is 2.46. The zero-order valence-corrected chi connectivity index (χ0v) is 10.1. The highest BCUT2D eigenvalue weighted by molar-refractivity contribution is 7.90. The Kier molecular flexibility index (Phi) is 4.58. The molecule has 1 rings (SSSR count). The van der Waals surface area contributed by atoms with Crippen molar-refractivity contribution in [2.45, 2.75) is 12.5 Å². The third-order valence-corrected chi connectivity index (χ3v) is 2.87. The van der Waals surface area contributed by atoms with E-state index in [1.54, 1.807) is 0 Å². The lowest BCUT2D eigenvalue weighted by Gasteiger charge is -2.07. The van der Waals surface area contributed by atoms with Crippen LogP contribution in [0.5, 0.6) is 5.95 Å². The Labute approximate surface area is 99.3 Å². The second kappa shape index (κ2) is 5.54. The summed E-state index contributed by atoms with van der Waals surface area (Å²) in [6, 6.07) is 2.34. The molecule has 0 aliphatic rings. The number of rotatable bonds is 6. The van der Waals surface area contributed by atoms with E-state index in [0.29, 0.717) is 5.76 Å². The molecule has 0 saturated carbocycles. The summed E-state index contributed by atoms with van der Waals surface area (Å²) >= 11 is 0. The van der Waals surface area contributed by atoms with Crippen LogP contribution in [-0.4, -0.2) is 43.8 Å². The van der Waals surface area contributed by atoms with Gasteiger partial charge >= 0.3 is 7.32 Å². The summed E-state index contributed by atoms with van der Waals surface area (Å²) in [5.41, 5.74) is 5.62. The van der Waals surface area contributed by atoms with Crippen molar-refractivity contribution in [2.75, 3.05) is 12.0 Å². The maximum atomic E-state index is 11.0. The highest BCUT2D eigenvalue weighted by Crippen LogP contribution is 2.17. The highest BCUT2D eigenvalue weighted by Gasteiger charge is 2.16. The van der Waals surface area contributed by atoms with Gasteiger partial charge in [-0.2, -0.15) is 0 Å². The van der Waals surface area contributed by atoms with Crippen molar-refractivity contribution in [1.82, 2.24) is 0 Å². The molecular formula is C8H14BNO6S. The van der Waals surface area contributed by atoms with E-state index in [9.17, 15) is 8.42 Å². The van der Waals surface area contributed by atoms with Gasteiger partial charge in [-0.05, 0) is 6.07 Å². The van der Waals surface area contributed by atoms with Crippen LogP contribution in [0.1, 0.15) is 5.76 Å². The normalized spacial score (nSPS) is 13.4. The second-order valence-corrected chi connectivity index (χ2v) is 5.91. The van der Waals surface area contributed by atoms with Gasteiger partial charge in [-0.3, -0.25) is 0 Å². The summed E-state index contributed by atoms with van der Waals surface area (Å²) in [6.07, 6.45) is 1.32. The Balaban J connectivity index is 2.54. The Hall–Kier alpha value is -1.03. The van der Waals surface area contributed by atoms with E-state index in [1.165, 1.54) is 12.1 Å². The molecule has 0 radical (unpaired) electrons. The lowest BCUT2D eigenvalue weighted by Crippen LogP contribution is -2.31. The standard InChI is InChI=1S/C8H14BNO6S/c1-17(13,14)5-6(10)4-7-2-3-8(15-7)16-9(11)12/h2-3,6,11-12H,4-5,10H2,1H3. The smallest absolute Gasteiger partial charge is 0.485 e. The van der Waals surface area contributed by atoms with Crippen LogP contribution < -0.4 is 10.4 Å². The molecule has 0 fully saturated rings. The van der Waals surface area contributed by atoms with E-state index in [-0.39, 0.29) is 18.1 Å². The van der Waals surface area contributed by atoms with Crippen molar-refractivity contribution in [3.05, 3.63) is 17.9 Å². The lowest BCUT2D eigenvalue weighted by atomic mass is 10.2. The summed E-state index contributed by atoms with van der Waals surface area (Å²) in [4.78, 5) is 0. The average molecular weight is 263 g/mol. The third-order valence-electron chi connectivity index (χ3n) is 1.84. The largest absolute Gasteiger partial charge is 0.709 e. The molecule has 1 heterocycles. The van der Waals surface area contributed by atoms with E-state index in [4.69, 9.17) is 20.2 Å². The van der Waals surface area contributed by atoms with Gasteiger partial charge < -0.3 is 24.9 Å². The maximum Gasteiger partial charge on any atom is 0.709 e. The molecule has 0 aliphatic carbocycles. The zero-order chi connectivity index (χ0) is 13.1. The Morgan fingerprint density at radius 1 is 1.53 bits per heavy atom. The van der Waals surface area contributed by atoms with Crippen LogP contribution in [0.2, 0.25) is 0 Å². The molecule has 9 heteroatoms. The first-order valence-corrected chi connectivity index (χ1v) is 6.87. The molecule has 0 saturated heterocycles. The van der Waals surface area contributed by atoms with Crippen molar-refractivity contribution < 1.29 is 27.5 Å². The molecule has 0 spiro atoms. The quantitative estimate of drug-likeness (QED) is 0.536. The maximum absolute atomic E-state index is 11.0. The molecule has 1 atom stereocenters. The Bertz CT molecular complexity index is 456. The van der Waals surface area contributed by atoms with Crippen LogP contribution in [0.15, 0.2) is 16.5 Å². The van der Waals surface area contributed by atoms with E-state index >= 15 is 0 Å². The molecule has 1 aromatic rings. The minimum Gasteiger partial charge on any atom is -0.485 e. The first-order chi connectivity index (χ1) is 7.76. The van der Waals surface area contributed by atoms with Crippen molar-refractivity contribution in [1.29, 1.82) is 0 Å². The zero-order valence-electron chi connectivity index (χ0n) is 9.24. The van der Waals surface area contributed by atoms with E-state index in [1.807, 2.05) is 0 Å². The molecule has 1 unspecified atom stereocenters. The fraction of sp³-hybridized carbons (Fsp3) is 0.500. The van der Waals surface area contributed by atoms with Gasteiger partial charge in [0.2, 0.25) is 0 Å². The number of nitrogens with two attached hydrogens (primary N) is 1. The number of hydrogen-bond acceptors (Lipinski definition) is 7. The summed E-state index contributed by atoms with van der Waals surface area (Å²) in [6.45, 7) is 0. The van der Waals surface area contributed by atoms with Crippen LogP contribution in [0.3, 0.4) is 0 Å². The fourth-order valence-corrected chi connectivity index (χ4v) is 2.24. The van der Waals surface area contributed by atoms with E-state index < -0.39 is 23.2 Å². The predicted molar refractivity (Wildman–Crippen MR) is 60.9 cm³/mol. The SMILES string of the molecule is CS(=O)(=O)CC(N)Cc1ccc(OB(O)O)o1. The van der Waals surface area contributed by atoms with Crippen LogP contribution in [0, 0.1) is 0 Å². The number of furan rings is 1. The molecule has 4 N–H and O–H groups in total. The first kappa shape index (κ1) is 14.0. The second-order valence-electron chi connectivity index (χ2n) is 3.72. The van der Waals surface area contributed by atoms with Gasteiger partial charge in [-0.25, -0.2) is 8.42 Å². The highest BCUT2D eigenvalue weighted by atomic mass is 32.2. The van der Waals surface area contributed by atoms with Crippen LogP contribution in [0.4, 0.5) is 0 Å². The van der Waals surface area contributed by atoms with Crippen molar-refractivity contribution in [2.24, 2.45) is 5.73 Å². The van der Waals surface area contributed by atoms with Gasteiger partial charge in [0.05, 0.1) is 5.75 Å². The van der Waals surface area contributed by atoms with Crippen LogP contribution >= 0.6 is 0 Å². The molecule has 7 nitrogen and oxygen atoms in total. The van der Waals surface area contributed by atoms with Gasteiger partial charge in [0, 0.05) is 24.8 Å². The van der Waals surface area contributed by atoms with Crippen molar-refractivity contribution >= 4 is 17.2 Å². The van der Waals surface area contributed by atoms with Crippen LogP contribution in [0.25, 0.3) is 0 Å². The summed E-state index contributed by atoms with van der Waals surface area (Å²) < 4.78 is 31.5. The third kappa shape index (κ3) is 5.73. The summed E-state index contributed by atoms with van der Waals surface area (Å²) in [5, 5.41) is 17.0. The minimum atomic E-state index is -3.13. The van der Waals surface area contributed by atoms with Gasteiger partial charge in [-0.1, -0.05) is 0 Å². The van der Waals surface area contributed by atoms with Gasteiger partial charge in [0.1, 0.15) is 15.6 Å². The molecule has 0 aliphatic heterocycles. The number of sulfone groups is 1.